The second kappa shape index (κ2) is 7.38. The Kier molecular flexibility index (Phi) is 5.49. The highest BCUT2D eigenvalue weighted by molar-refractivity contribution is 6.00. The van der Waals surface area contributed by atoms with Crippen LogP contribution < -0.4 is 0 Å². The number of aromatic amines is 1. The number of Topliss-reactive ketones (excluding diaryl/α,β-unsaturated/α-hetero) is 1. The van der Waals surface area contributed by atoms with Crippen molar-refractivity contribution in [2.75, 3.05) is 0 Å². The molecule has 0 saturated heterocycles. The topological polar surface area (TPSA) is 84.9 Å². The monoisotopic (exact) mass is 329 g/mol. The molecule has 0 saturated carbocycles. The number of aryl methyl sites for hydroxylation is 1. The van der Waals surface area contributed by atoms with Crippen LogP contribution in [0.2, 0.25) is 0 Å². The van der Waals surface area contributed by atoms with E-state index >= 15 is 0 Å². The molecule has 6 heteroatoms. The highest BCUT2D eigenvalue weighted by atomic mass is 16.5. The molecule has 0 fully saturated rings. The van der Waals surface area contributed by atoms with Crippen molar-refractivity contribution in [3.63, 3.8) is 0 Å². The van der Waals surface area contributed by atoms with E-state index in [1.165, 1.54) is 6.33 Å². The molecule has 24 heavy (non-hydrogen) atoms. The Morgan fingerprint density at radius 3 is 2.42 bits per heavy atom. The summed E-state index contributed by atoms with van der Waals surface area (Å²) in [7, 11) is 0. The van der Waals surface area contributed by atoms with Crippen molar-refractivity contribution in [3.8, 4) is 0 Å². The Bertz CT molecular complexity index is 685. The van der Waals surface area contributed by atoms with Crippen molar-refractivity contribution >= 4 is 11.8 Å². The van der Waals surface area contributed by atoms with E-state index in [1.54, 1.807) is 19.1 Å². The molecule has 1 N–H and O–H groups in total. The van der Waals surface area contributed by atoms with Gasteiger partial charge in [0.2, 0.25) is 5.78 Å². The van der Waals surface area contributed by atoms with Crippen LogP contribution in [-0.4, -0.2) is 33.0 Å². The van der Waals surface area contributed by atoms with Crippen LogP contribution in [0, 0.1) is 0 Å². The van der Waals surface area contributed by atoms with Gasteiger partial charge in [-0.3, -0.25) is 14.7 Å². The first kappa shape index (κ1) is 17.8. The first-order valence-corrected chi connectivity index (χ1v) is 7.96. The molecular formula is C18H23N3O3. The minimum Gasteiger partial charge on any atom is -0.454 e. The van der Waals surface area contributed by atoms with E-state index < -0.39 is 12.1 Å². The summed E-state index contributed by atoms with van der Waals surface area (Å²) < 4.78 is 5.21. The molecule has 0 aliphatic heterocycles. The van der Waals surface area contributed by atoms with Crippen LogP contribution in [0.5, 0.6) is 0 Å². The van der Waals surface area contributed by atoms with Gasteiger partial charge < -0.3 is 4.74 Å². The average molecular weight is 329 g/mol. The average Bonchev–Trinajstić information content (AvgIpc) is 3.05. The van der Waals surface area contributed by atoms with Crippen LogP contribution in [-0.2, 0) is 21.4 Å². The molecule has 128 valence electrons. The predicted molar refractivity (Wildman–Crippen MR) is 89.7 cm³/mol. The predicted octanol–water partition coefficient (Wildman–Crippen LogP) is 2.85. The number of rotatable bonds is 6. The number of benzene rings is 1. The smallest absolute Gasteiger partial charge is 0.306 e. The summed E-state index contributed by atoms with van der Waals surface area (Å²) in [5.74, 6) is -0.0225. The number of ether oxygens (including phenoxy) is 1. The van der Waals surface area contributed by atoms with Gasteiger partial charge in [-0.05, 0) is 17.9 Å². The maximum Gasteiger partial charge on any atom is 0.306 e. The summed E-state index contributed by atoms with van der Waals surface area (Å²) in [6.07, 6.45) is 1.12. The third kappa shape index (κ3) is 4.75. The zero-order valence-corrected chi connectivity index (χ0v) is 14.5. The lowest BCUT2D eigenvalue weighted by molar-refractivity contribution is -0.146. The molecule has 0 radical (unpaired) electrons. The van der Waals surface area contributed by atoms with E-state index in [9.17, 15) is 9.59 Å². The summed E-state index contributed by atoms with van der Waals surface area (Å²) in [6, 6.07) is 7.43. The molecule has 1 aromatic heterocycles. The van der Waals surface area contributed by atoms with Gasteiger partial charge in [0.25, 0.3) is 0 Å². The zero-order chi connectivity index (χ0) is 17.7. The second-order valence-corrected chi connectivity index (χ2v) is 6.76. The Balaban J connectivity index is 1.90. The minimum atomic E-state index is -0.812. The molecule has 0 bridgehead atoms. The molecule has 0 unspecified atom stereocenters. The molecule has 2 aromatic rings. The summed E-state index contributed by atoms with van der Waals surface area (Å²) in [5.41, 5.74) is 1.72. The number of hydrogen-bond acceptors (Lipinski definition) is 5. The fourth-order valence-electron chi connectivity index (χ4n) is 2.25. The Morgan fingerprint density at radius 2 is 1.88 bits per heavy atom. The molecule has 1 atom stereocenters. The third-order valence-electron chi connectivity index (χ3n) is 3.74. The number of aromatic nitrogens is 3. The minimum absolute atomic E-state index is 0.0281. The number of nitrogens with one attached hydrogen (secondary N) is 1. The van der Waals surface area contributed by atoms with Crippen LogP contribution in [0.15, 0.2) is 30.6 Å². The van der Waals surface area contributed by atoms with Gasteiger partial charge in [-0.1, -0.05) is 45.0 Å². The molecule has 0 spiro atoms. The van der Waals surface area contributed by atoms with Gasteiger partial charge in [0.15, 0.2) is 6.10 Å². The summed E-state index contributed by atoms with van der Waals surface area (Å²) >= 11 is 0. The second-order valence-electron chi connectivity index (χ2n) is 6.76. The molecule has 2 rings (SSSR count). The van der Waals surface area contributed by atoms with E-state index in [0.717, 1.165) is 5.56 Å². The lowest BCUT2D eigenvalue weighted by Crippen LogP contribution is -2.24. The number of ketones is 1. The molecular weight excluding hydrogens is 306 g/mol. The summed E-state index contributed by atoms with van der Waals surface area (Å²) in [4.78, 5) is 28.1. The van der Waals surface area contributed by atoms with Crippen molar-refractivity contribution in [2.24, 2.45) is 0 Å². The van der Waals surface area contributed by atoms with Crippen LogP contribution in [0.4, 0.5) is 0 Å². The Morgan fingerprint density at radius 1 is 1.21 bits per heavy atom. The van der Waals surface area contributed by atoms with E-state index in [2.05, 4.69) is 36.0 Å². The van der Waals surface area contributed by atoms with Crippen molar-refractivity contribution in [1.29, 1.82) is 0 Å². The van der Waals surface area contributed by atoms with E-state index in [1.807, 2.05) is 12.1 Å². The largest absolute Gasteiger partial charge is 0.454 e. The van der Waals surface area contributed by atoms with Gasteiger partial charge >= 0.3 is 5.97 Å². The third-order valence-corrected chi connectivity index (χ3v) is 3.74. The molecule has 1 heterocycles. The number of hydrogen-bond donors (Lipinski definition) is 1. The first-order chi connectivity index (χ1) is 11.3. The molecule has 0 aliphatic rings. The fraction of sp³-hybridized carbons (Fsp3) is 0.444. The fourth-order valence-corrected chi connectivity index (χ4v) is 2.25. The molecule has 0 amide bonds. The van der Waals surface area contributed by atoms with Gasteiger partial charge in [0.05, 0.1) is 6.42 Å². The van der Waals surface area contributed by atoms with Gasteiger partial charge in [-0.2, -0.15) is 5.10 Å². The lowest BCUT2D eigenvalue weighted by atomic mass is 9.86. The Hall–Kier alpha value is -2.50. The van der Waals surface area contributed by atoms with Crippen molar-refractivity contribution in [1.82, 2.24) is 15.2 Å². The number of nitrogens with zero attached hydrogens (tertiary/aromatic N) is 2. The Labute approximate surface area is 141 Å². The van der Waals surface area contributed by atoms with Crippen LogP contribution in [0.1, 0.15) is 55.9 Å². The number of carbonyl (C=O) groups is 2. The lowest BCUT2D eigenvalue weighted by Gasteiger charge is -2.19. The van der Waals surface area contributed by atoms with E-state index in [0.29, 0.717) is 17.8 Å². The number of esters is 1. The van der Waals surface area contributed by atoms with Gasteiger partial charge in [-0.15, -0.1) is 0 Å². The van der Waals surface area contributed by atoms with Crippen molar-refractivity contribution in [2.45, 2.75) is 52.1 Å². The standard InChI is InChI=1S/C18H23N3O3/c1-12(24-16(22)10-9-15-19-11-20-21-15)17(23)13-5-7-14(8-6-13)18(2,3)4/h5-8,11-12H,9-10H2,1-4H3,(H,19,20,21)/t12-/m1/s1. The summed E-state index contributed by atoms with van der Waals surface area (Å²) in [5, 5.41) is 6.39. The molecule has 6 nitrogen and oxygen atoms in total. The molecule has 1 aromatic carbocycles. The van der Waals surface area contributed by atoms with Crippen LogP contribution in [0.25, 0.3) is 0 Å². The number of carbonyl (C=O) groups excluding carboxylic acids is 2. The van der Waals surface area contributed by atoms with Crippen molar-refractivity contribution < 1.29 is 14.3 Å². The first-order valence-electron chi connectivity index (χ1n) is 7.96. The van der Waals surface area contributed by atoms with Crippen LogP contribution >= 0.6 is 0 Å². The summed E-state index contributed by atoms with van der Waals surface area (Å²) in [6.45, 7) is 7.93. The van der Waals surface area contributed by atoms with E-state index in [-0.39, 0.29) is 17.6 Å². The highest BCUT2D eigenvalue weighted by Crippen LogP contribution is 2.22. The van der Waals surface area contributed by atoms with Gasteiger partial charge in [0, 0.05) is 12.0 Å². The van der Waals surface area contributed by atoms with Gasteiger partial charge in [0.1, 0.15) is 12.2 Å². The number of H-pyrrole nitrogens is 1. The quantitative estimate of drug-likeness (QED) is 0.650. The zero-order valence-electron chi connectivity index (χ0n) is 14.5. The van der Waals surface area contributed by atoms with Crippen molar-refractivity contribution in [3.05, 3.63) is 47.5 Å². The molecule has 0 aliphatic carbocycles. The SMILES string of the molecule is C[C@@H](OC(=O)CCc1ncn[nH]1)C(=O)c1ccc(C(C)(C)C)cc1. The normalized spacial score (nSPS) is 12.7. The highest BCUT2D eigenvalue weighted by Gasteiger charge is 2.20. The maximum atomic E-state index is 12.4. The maximum absolute atomic E-state index is 12.4. The van der Waals surface area contributed by atoms with E-state index in [4.69, 9.17) is 4.74 Å². The van der Waals surface area contributed by atoms with Crippen LogP contribution in [0.3, 0.4) is 0 Å². The van der Waals surface area contributed by atoms with Gasteiger partial charge in [-0.25, -0.2) is 4.98 Å².